The molecule has 0 aliphatic carbocycles. The Morgan fingerprint density at radius 3 is 2.62 bits per heavy atom. The van der Waals surface area contributed by atoms with Gasteiger partial charge in [0.05, 0.1) is 17.6 Å². The van der Waals surface area contributed by atoms with Crippen molar-refractivity contribution in [3.63, 3.8) is 0 Å². The fourth-order valence-corrected chi connectivity index (χ4v) is 1.38. The average molecular weight is 214 g/mol. The quantitative estimate of drug-likeness (QED) is 0.597. The van der Waals surface area contributed by atoms with E-state index < -0.39 is 0 Å². The zero-order valence-electron chi connectivity index (χ0n) is 8.38. The van der Waals surface area contributed by atoms with E-state index in [1.807, 2.05) is 6.07 Å². The maximum Gasteiger partial charge on any atom is 0.145 e. The maximum atomic E-state index is 8.76. The van der Waals surface area contributed by atoms with Gasteiger partial charge in [0.2, 0.25) is 0 Å². The lowest BCUT2D eigenvalue weighted by Crippen LogP contribution is -2.06. The number of rotatable bonds is 1. The number of aromatic nitrogens is 2. The average Bonchev–Trinajstić information content (AvgIpc) is 2.63. The Morgan fingerprint density at radius 2 is 2.00 bits per heavy atom. The largest absolute Gasteiger partial charge is 0.399 e. The molecule has 6 nitrogen and oxygen atoms in total. The van der Waals surface area contributed by atoms with Crippen molar-refractivity contribution < 1.29 is 0 Å². The van der Waals surface area contributed by atoms with Gasteiger partial charge in [-0.05, 0) is 18.2 Å². The molecule has 6 heteroatoms. The van der Waals surface area contributed by atoms with E-state index in [4.69, 9.17) is 22.5 Å². The normalized spacial score (nSPS) is 9.94. The number of nitrogen functional groups attached to an aromatic ring is 3. The summed E-state index contributed by atoms with van der Waals surface area (Å²) in [4.78, 5) is 0. The van der Waals surface area contributed by atoms with Crippen LogP contribution in [0.15, 0.2) is 24.4 Å². The van der Waals surface area contributed by atoms with Gasteiger partial charge in [-0.2, -0.15) is 10.4 Å². The van der Waals surface area contributed by atoms with Crippen molar-refractivity contribution in [2.75, 3.05) is 17.2 Å². The van der Waals surface area contributed by atoms with Crippen LogP contribution in [-0.2, 0) is 0 Å². The first-order valence-corrected chi connectivity index (χ1v) is 4.52. The van der Waals surface area contributed by atoms with E-state index in [9.17, 15) is 0 Å². The highest BCUT2D eigenvalue weighted by molar-refractivity contribution is 5.66. The Hall–Kier alpha value is -2.68. The molecule has 0 saturated carbocycles. The van der Waals surface area contributed by atoms with Crippen LogP contribution >= 0.6 is 0 Å². The Balaban J connectivity index is 2.64. The lowest BCUT2D eigenvalue weighted by molar-refractivity contribution is 0.894. The number of nitriles is 1. The molecular formula is C10H10N6. The molecule has 0 spiro atoms. The van der Waals surface area contributed by atoms with Gasteiger partial charge in [-0.25, -0.2) is 4.68 Å². The van der Waals surface area contributed by atoms with Gasteiger partial charge < -0.3 is 17.2 Å². The van der Waals surface area contributed by atoms with E-state index in [-0.39, 0.29) is 5.82 Å². The first kappa shape index (κ1) is 9.86. The van der Waals surface area contributed by atoms with Crippen molar-refractivity contribution in [3.8, 4) is 11.8 Å². The lowest BCUT2D eigenvalue weighted by Gasteiger charge is -2.08. The van der Waals surface area contributed by atoms with E-state index >= 15 is 0 Å². The zero-order chi connectivity index (χ0) is 11.7. The standard InChI is InChI=1S/C10H10N6/c11-4-6-5-15-16(10(6)14)9-3-7(12)1-2-8(9)13/h1-3,5H,12-14H2. The van der Waals surface area contributed by atoms with Crippen molar-refractivity contribution >= 4 is 17.2 Å². The Morgan fingerprint density at radius 1 is 1.25 bits per heavy atom. The number of nitrogens with zero attached hydrogens (tertiary/aromatic N) is 3. The van der Waals surface area contributed by atoms with Crippen molar-refractivity contribution in [1.82, 2.24) is 9.78 Å². The summed E-state index contributed by atoms with van der Waals surface area (Å²) >= 11 is 0. The fraction of sp³-hybridized carbons (Fsp3) is 0. The van der Waals surface area contributed by atoms with E-state index in [0.717, 1.165) is 0 Å². The molecular weight excluding hydrogens is 204 g/mol. The van der Waals surface area contributed by atoms with Crippen LogP contribution in [0.2, 0.25) is 0 Å². The summed E-state index contributed by atoms with van der Waals surface area (Å²) in [6.45, 7) is 0. The maximum absolute atomic E-state index is 8.76. The van der Waals surface area contributed by atoms with Gasteiger partial charge in [0.15, 0.2) is 0 Å². The predicted octanol–water partition coefficient (Wildman–Crippen LogP) is 0.491. The predicted molar refractivity (Wildman–Crippen MR) is 61.5 cm³/mol. The minimum Gasteiger partial charge on any atom is -0.399 e. The highest BCUT2D eigenvalue weighted by atomic mass is 15.3. The van der Waals surface area contributed by atoms with Crippen LogP contribution in [0, 0.1) is 11.3 Å². The van der Waals surface area contributed by atoms with E-state index in [0.29, 0.717) is 22.6 Å². The van der Waals surface area contributed by atoms with Crippen LogP contribution in [0.25, 0.3) is 5.69 Å². The molecule has 2 aromatic rings. The van der Waals surface area contributed by atoms with Crippen molar-refractivity contribution in [3.05, 3.63) is 30.0 Å². The van der Waals surface area contributed by atoms with Crippen LogP contribution in [0.5, 0.6) is 0 Å². The third-order valence-electron chi connectivity index (χ3n) is 2.21. The topological polar surface area (TPSA) is 120 Å². The van der Waals surface area contributed by atoms with Crippen LogP contribution in [0.3, 0.4) is 0 Å². The summed E-state index contributed by atoms with van der Waals surface area (Å²) in [5.41, 5.74) is 19.1. The summed E-state index contributed by atoms with van der Waals surface area (Å²) in [7, 11) is 0. The molecule has 0 amide bonds. The number of nitrogens with two attached hydrogens (primary N) is 3. The van der Waals surface area contributed by atoms with Gasteiger partial charge in [0, 0.05) is 5.69 Å². The first-order chi connectivity index (χ1) is 7.63. The molecule has 0 aliphatic rings. The van der Waals surface area contributed by atoms with Crippen molar-refractivity contribution in [2.24, 2.45) is 0 Å². The molecule has 2 rings (SSSR count). The van der Waals surface area contributed by atoms with E-state index in [1.165, 1.54) is 10.9 Å². The third-order valence-corrected chi connectivity index (χ3v) is 2.21. The number of hydrogen-bond donors (Lipinski definition) is 3. The molecule has 0 fully saturated rings. The smallest absolute Gasteiger partial charge is 0.145 e. The molecule has 0 bridgehead atoms. The molecule has 0 aliphatic heterocycles. The summed E-state index contributed by atoms with van der Waals surface area (Å²) in [6.07, 6.45) is 1.39. The molecule has 1 heterocycles. The highest BCUT2D eigenvalue weighted by Crippen LogP contribution is 2.23. The van der Waals surface area contributed by atoms with Crippen LogP contribution in [0.4, 0.5) is 17.2 Å². The Bertz CT molecular complexity index is 577. The number of benzene rings is 1. The van der Waals surface area contributed by atoms with Gasteiger partial charge in [-0.1, -0.05) is 0 Å². The second-order valence-electron chi connectivity index (χ2n) is 3.29. The lowest BCUT2D eigenvalue weighted by atomic mass is 10.2. The van der Waals surface area contributed by atoms with Gasteiger partial charge >= 0.3 is 0 Å². The van der Waals surface area contributed by atoms with Gasteiger partial charge in [0.1, 0.15) is 17.5 Å². The monoisotopic (exact) mass is 214 g/mol. The number of hydrogen-bond acceptors (Lipinski definition) is 5. The molecule has 6 N–H and O–H groups in total. The fourth-order valence-electron chi connectivity index (χ4n) is 1.38. The van der Waals surface area contributed by atoms with E-state index in [1.54, 1.807) is 18.2 Å². The molecule has 0 radical (unpaired) electrons. The molecule has 0 saturated heterocycles. The third kappa shape index (κ3) is 1.40. The van der Waals surface area contributed by atoms with Gasteiger partial charge in [0.25, 0.3) is 0 Å². The van der Waals surface area contributed by atoms with Gasteiger partial charge in [-0.3, -0.25) is 0 Å². The minimum absolute atomic E-state index is 0.250. The summed E-state index contributed by atoms with van der Waals surface area (Å²) in [5.74, 6) is 0.250. The van der Waals surface area contributed by atoms with Crippen LogP contribution in [-0.4, -0.2) is 9.78 Å². The Labute approximate surface area is 91.9 Å². The molecule has 16 heavy (non-hydrogen) atoms. The SMILES string of the molecule is N#Cc1cnn(-c2cc(N)ccc2N)c1N. The summed E-state index contributed by atoms with van der Waals surface area (Å²) in [5, 5.41) is 12.8. The number of anilines is 3. The van der Waals surface area contributed by atoms with Gasteiger partial charge in [-0.15, -0.1) is 0 Å². The second-order valence-corrected chi connectivity index (χ2v) is 3.29. The highest BCUT2D eigenvalue weighted by Gasteiger charge is 2.10. The zero-order valence-corrected chi connectivity index (χ0v) is 8.38. The minimum atomic E-state index is 0.250. The van der Waals surface area contributed by atoms with E-state index in [2.05, 4.69) is 5.10 Å². The summed E-state index contributed by atoms with van der Waals surface area (Å²) in [6, 6.07) is 6.94. The van der Waals surface area contributed by atoms with Crippen molar-refractivity contribution in [2.45, 2.75) is 0 Å². The first-order valence-electron chi connectivity index (χ1n) is 4.52. The van der Waals surface area contributed by atoms with Crippen molar-refractivity contribution in [1.29, 1.82) is 5.26 Å². The Kier molecular flexibility index (Phi) is 2.14. The summed E-state index contributed by atoms with van der Waals surface area (Å²) < 4.78 is 1.39. The molecule has 0 atom stereocenters. The molecule has 80 valence electrons. The van der Waals surface area contributed by atoms with Crippen LogP contribution in [0.1, 0.15) is 5.56 Å². The molecule has 1 aromatic heterocycles. The van der Waals surface area contributed by atoms with Crippen LogP contribution < -0.4 is 17.2 Å². The molecule has 0 unspecified atom stereocenters. The molecule has 1 aromatic carbocycles. The second kappa shape index (κ2) is 3.47.